The Morgan fingerprint density at radius 1 is 1.33 bits per heavy atom. The van der Waals surface area contributed by atoms with Crippen LogP contribution in [0.3, 0.4) is 0 Å². The molecule has 1 aromatic carbocycles. The molecular formula is C13H19NO. The molecule has 0 heterocycles. The first-order chi connectivity index (χ1) is 7.10. The average Bonchev–Trinajstić information content (AvgIpc) is 2.25. The van der Waals surface area contributed by atoms with E-state index in [1.165, 1.54) is 5.56 Å². The minimum absolute atomic E-state index is 0.134. The van der Waals surface area contributed by atoms with Crippen LogP contribution < -0.4 is 5.73 Å². The van der Waals surface area contributed by atoms with Gasteiger partial charge in [0.05, 0.1) is 12.7 Å². The molecule has 0 aromatic heterocycles. The Bertz CT molecular complexity index is 321. The molecule has 2 atom stereocenters. The second kappa shape index (κ2) is 3.95. The maximum Gasteiger partial charge on any atom is 0.0720 e. The molecule has 0 aliphatic heterocycles. The van der Waals surface area contributed by atoms with E-state index in [9.17, 15) is 0 Å². The van der Waals surface area contributed by atoms with Crippen molar-refractivity contribution in [3.8, 4) is 0 Å². The summed E-state index contributed by atoms with van der Waals surface area (Å²) in [6, 6.07) is 10.6. The minimum Gasteiger partial charge on any atom is -0.373 e. The molecule has 82 valence electrons. The lowest BCUT2D eigenvalue weighted by molar-refractivity contribution is -0.115. The van der Waals surface area contributed by atoms with Gasteiger partial charge < -0.3 is 10.5 Å². The molecule has 0 radical (unpaired) electrons. The molecule has 0 unspecified atom stereocenters. The first-order valence-corrected chi connectivity index (χ1v) is 5.52. The number of ether oxygens (including phenoxy) is 1. The van der Waals surface area contributed by atoms with Crippen molar-refractivity contribution >= 4 is 0 Å². The maximum atomic E-state index is 5.94. The zero-order chi connectivity index (χ0) is 10.9. The fraction of sp³-hybridized carbons (Fsp3) is 0.538. The molecule has 0 amide bonds. The molecule has 0 saturated heterocycles. The largest absolute Gasteiger partial charge is 0.373 e. The molecule has 2 rings (SSSR count). The second-order valence-electron chi connectivity index (χ2n) is 4.95. The van der Waals surface area contributed by atoms with E-state index < -0.39 is 0 Å². The van der Waals surface area contributed by atoms with E-state index in [0.29, 0.717) is 18.8 Å². The van der Waals surface area contributed by atoms with Crippen LogP contribution in [0.4, 0.5) is 0 Å². The highest BCUT2D eigenvalue weighted by atomic mass is 16.5. The van der Waals surface area contributed by atoms with Gasteiger partial charge in [-0.3, -0.25) is 0 Å². The Kier molecular flexibility index (Phi) is 2.81. The van der Waals surface area contributed by atoms with Crippen LogP contribution in [0.15, 0.2) is 30.3 Å². The SMILES string of the molecule is CC1(C)[C@H](N)C[C@@H]1OCc1ccccc1. The summed E-state index contributed by atoms with van der Waals surface area (Å²) >= 11 is 0. The molecular weight excluding hydrogens is 186 g/mol. The van der Waals surface area contributed by atoms with Crippen LogP contribution in [0, 0.1) is 5.41 Å². The highest BCUT2D eigenvalue weighted by molar-refractivity contribution is 5.13. The molecule has 1 fully saturated rings. The van der Waals surface area contributed by atoms with Gasteiger partial charge in [0.15, 0.2) is 0 Å². The number of rotatable bonds is 3. The van der Waals surface area contributed by atoms with Gasteiger partial charge in [-0.1, -0.05) is 44.2 Å². The summed E-state index contributed by atoms with van der Waals surface area (Å²) in [6.45, 7) is 5.05. The van der Waals surface area contributed by atoms with Crippen molar-refractivity contribution < 1.29 is 4.74 Å². The average molecular weight is 205 g/mol. The van der Waals surface area contributed by atoms with Crippen molar-refractivity contribution in [1.82, 2.24) is 0 Å². The van der Waals surface area contributed by atoms with Crippen LogP contribution in [0.2, 0.25) is 0 Å². The summed E-state index contributed by atoms with van der Waals surface area (Å²) in [6.07, 6.45) is 1.30. The number of nitrogens with two attached hydrogens (primary N) is 1. The normalized spacial score (nSPS) is 28.5. The highest BCUT2D eigenvalue weighted by Crippen LogP contribution is 2.41. The van der Waals surface area contributed by atoms with Crippen molar-refractivity contribution in [3.05, 3.63) is 35.9 Å². The number of benzene rings is 1. The van der Waals surface area contributed by atoms with Crippen LogP contribution in [-0.4, -0.2) is 12.1 Å². The summed E-state index contributed by atoms with van der Waals surface area (Å²) in [4.78, 5) is 0. The van der Waals surface area contributed by atoms with Crippen molar-refractivity contribution in [1.29, 1.82) is 0 Å². The summed E-state index contributed by atoms with van der Waals surface area (Å²) in [5.41, 5.74) is 7.30. The zero-order valence-corrected chi connectivity index (χ0v) is 9.44. The first kappa shape index (κ1) is 10.7. The van der Waals surface area contributed by atoms with Gasteiger partial charge in [-0.2, -0.15) is 0 Å². The Morgan fingerprint density at radius 3 is 2.53 bits per heavy atom. The molecule has 15 heavy (non-hydrogen) atoms. The molecule has 1 aromatic rings. The molecule has 2 heteroatoms. The predicted octanol–water partition coefficient (Wildman–Crippen LogP) is 2.33. The van der Waals surface area contributed by atoms with E-state index in [-0.39, 0.29) is 5.41 Å². The monoisotopic (exact) mass is 205 g/mol. The van der Waals surface area contributed by atoms with Gasteiger partial charge in [0.1, 0.15) is 0 Å². The van der Waals surface area contributed by atoms with Crippen molar-refractivity contribution in [3.63, 3.8) is 0 Å². The van der Waals surface area contributed by atoms with Crippen LogP contribution in [0.25, 0.3) is 0 Å². The summed E-state index contributed by atoms with van der Waals surface area (Å²) in [5, 5.41) is 0. The predicted molar refractivity (Wildman–Crippen MR) is 61.4 cm³/mol. The third-order valence-electron chi connectivity index (χ3n) is 3.55. The quantitative estimate of drug-likeness (QED) is 0.822. The lowest BCUT2D eigenvalue weighted by Crippen LogP contribution is -2.58. The van der Waals surface area contributed by atoms with Crippen molar-refractivity contribution in [2.75, 3.05) is 0 Å². The first-order valence-electron chi connectivity index (χ1n) is 5.52. The lowest BCUT2D eigenvalue weighted by Gasteiger charge is -2.49. The smallest absolute Gasteiger partial charge is 0.0720 e. The summed E-state index contributed by atoms with van der Waals surface area (Å²) in [5.74, 6) is 0. The third-order valence-corrected chi connectivity index (χ3v) is 3.55. The third kappa shape index (κ3) is 2.06. The highest BCUT2D eigenvalue weighted by Gasteiger charge is 2.46. The van der Waals surface area contributed by atoms with Gasteiger partial charge in [0.2, 0.25) is 0 Å². The summed E-state index contributed by atoms with van der Waals surface area (Å²) in [7, 11) is 0. The summed E-state index contributed by atoms with van der Waals surface area (Å²) < 4.78 is 5.87. The Morgan fingerprint density at radius 2 is 2.00 bits per heavy atom. The molecule has 1 aliphatic rings. The molecule has 0 spiro atoms. The van der Waals surface area contributed by atoms with E-state index in [1.807, 2.05) is 18.2 Å². The lowest BCUT2D eigenvalue weighted by atomic mass is 9.65. The zero-order valence-electron chi connectivity index (χ0n) is 9.44. The van der Waals surface area contributed by atoms with Gasteiger partial charge >= 0.3 is 0 Å². The van der Waals surface area contributed by atoms with Crippen LogP contribution >= 0.6 is 0 Å². The minimum atomic E-state index is 0.134. The van der Waals surface area contributed by atoms with Gasteiger partial charge in [0, 0.05) is 11.5 Å². The topological polar surface area (TPSA) is 35.2 Å². The Balaban J connectivity index is 1.85. The van der Waals surface area contributed by atoms with Gasteiger partial charge in [0.25, 0.3) is 0 Å². The van der Waals surface area contributed by atoms with Gasteiger partial charge in [-0.05, 0) is 12.0 Å². The van der Waals surface area contributed by atoms with Crippen LogP contribution in [-0.2, 0) is 11.3 Å². The van der Waals surface area contributed by atoms with E-state index in [4.69, 9.17) is 10.5 Å². The Labute approximate surface area is 91.4 Å². The van der Waals surface area contributed by atoms with Crippen LogP contribution in [0.5, 0.6) is 0 Å². The number of hydrogen-bond donors (Lipinski definition) is 1. The molecule has 0 bridgehead atoms. The van der Waals surface area contributed by atoms with E-state index >= 15 is 0 Å². The van der Waals surface area contributed by atoms with Gasteiger partial charge in [-0.25, -0.2) is 0 Å². The van der Waals surface area contributed by atoms with Crippen molar-refractivity contribution in [2.45, 2.75) is 39.0 Å². The fourth-order valence-corrected chi connectivity index (χ4v) is 1.97. The molecule has 2 nitrogen and oxygen atoms in total. The molecule has 1 aliphatic carbocycles. The number of hydrogen-bond acceptors (Lipinski definition) is 2. The second-order valence-corrected chi connectivity index (χ2v) is 4.95. The molecule has 2 N–H and O–H groups in total. The van der Waals surface area contributed by atoms with Crippen LogP contribution in [0.1, 0.15) is 25.8 Å². The maximum absolute atomic E-state index is 5.94. The van der Waals surface area contributed by atoms with Crippen molar-refractivity contribution in [2.24, 2.45) is 11.1 Å². The van der Waals surface area contributed by atoms with E-state index in [0.717, 1.165) is 6.42 Å². The Hall–Kier alpha value is -0.860. The van der Waals surface area contributed by atoms with E-state index in [1.54, 1.807) is 0 Å². The molecule has 1 saturated carbocycles. The van der Waals surface area contributed by atoms with Gasteiger partial charge in [-0.15, -0.1) is 0 Å². The van der Waals surface area contributed by atoms with E-state index in [2.05, 4.69) is 26.0 Å². The fourth-order valence-electron chi connectivity index (χ4n) is 1.97. The standard InChI is InChI=1S/C13H19NO/c1-13(2)11(14)8-12(13)15-9-10-6-4-3-5-7-10/h3-7,11-12H,8-9,14H2,1-2H3/t11-,12+/m1/s1.